The van der Waals surface area contributed by atoms with Crippen LogP contribution in [-0.2, 0) is 5.11 Å². The summed E-state index contributed by atoms with van der Waals surface area (Å²) in [7, 11) is 0. The molecule has 0 aromatic carbocycles. The highest BCUT2D eigenvalue weighted by Crippen LogP contribution is 2.19. The minimum absolute atomic E-state index is 0.213. The van der Waals surface area contributed by atoms with E-state index >= 15 is 0 Å². The Labute approximate surface area is 72.9 Å². The topological polar surface area (TPSA) is 58.6 Å². The van der Waals surface area contributed by atoms with E-state index in [1.54, 1.807) is 12.1 Å². The van der Waals surface area contributed by atoms with Gasteiger partial charge in [-0.3, -0.25) is 5.11 Å². The summed E-state index contributed by atoms with van der Waals surface area (Å²) in [6.07, 6.45) is 1.21. The normalized spacial score (nSPS) is 10.4. The maximum absolute atomic E-state index is 11.1. The maximum Gasteiger partial charge on any atom is 0.299 e. The summed E-state index contributed by atoms with van der Waals surface area (Å²) in [5.41, 5.74) is 0.726. The van der Waals surface area contributed by atoms with E-state index < -0.39 is 5.88 Å². The summed E-state index contributed by atoms with van der Waals surface area (Å²) in [6.45, 7) is 0. The van der Waals surface area contributed by atoms with Crippen LogP contribution < -0.4 is 0 Å². The smallest absolute Gasteiger partial charge is 0.265 e. The number of nitrogens with zero attached hydrogens (tertiary/aromatic N) is 3. The molecule has 2 aromatic heterocycles. The van der Waals surface area contributed by atoms with Crippen LogP contribution in [0.4, 0.5) is 0 Å². The second kappa shape index (κ2) is 2.57. The van der Waals surface area contributed by atoms with Crippen molar-refractivity contribution >= 4 is 22.6 Å². The molecule has 59 valence electrons. The van der Waals surface area contributed by atoms with Crippen LogP contribution in [0.25, 0.3) is 11.0 Å². The first-order chi connectivity index (χ1) is 5.77. The van der Waals surface area contributed by atoms with Crippen molar-refractivity contribution in [3.63, 3.8) is 0 Å². The molecule has 0 aliphatic rings. The van der Waals surface area contributed by atoms with Gasteiger partial charge in [0.05, 0.1) is 5.52 Å². The van der Waals surface area contributed by atoms with Crippen molar-refractivity contribution in [2.45, 2.75) is 0 Å². The molecule has 0 amide bonds. The summed E-state index contributed by atoms with van der Waals surface area (Å²) in [5.74, 6) is -0.400. The number of hydrogen-bond acceptors (Lipinski definition) is 3. The average molecular weight is 181 g/mol. The fraction of sp³-hybridized carbons (Fsp3) is 0. The van der Waals surface area contributed by atoms with Gasteiger partial charge < -0.3 is 0 Å². The average Bonchev–Trinajstić information content (AvgIpc) is 2.07. The highest BCUT2D eigenvalue weighted by atomic mass is 35.5. The molecule has 12 heavy (non-hydrogen) atoms. The van der Waals surface area contributed by atoms with Crippen molar-refractivity contribution < 1.29 is 5.11 Å². The van der Waals surface area contributed by atoms with Gasteiger partial charge >= 0.3 is 0 Å². The monoisotopic (exact) mass is 180 g/mol. The summed E-state index contributed by atoms with van der Waals surface area (Å²) in [4.78, 5) is 11.1. The molecule has 2 aromatic rings. The number of halogens is 1. The molecule has 0 saturated heterocycles. The summed E-state index contributed by atoms with van der Waals surface area (Å²) >= 11 is 5.59. The second-order valence-electron chi connectivity index (χ2n) is 2.18. The molecule has 0 aliphatic heterocycles. The molecule has 0 bridgehead atoms. The molecule has 2 heterocycles. The van der Waals surface area contributed by atoms with Gasteiger partial charge in [0.15, 0.2) is 5.52 Å². The van der Waals surface area contributed by atoms with Gasteiger partial charge in [-0.05, 0) is 12.1 Å². The second-order valence-corrected chi connectivity index (χ2v) is 2.57. The largest absolute Gasteiger partial charge is 0.299 e. The molecule has 0 fully saturated rings. The van der Waals surface area contributed by atoms with Gasteiger partial charge in [-0.1, -0.05) is 11.6 Å². The van der Waals surface area contributed by atoms with Gasteiger partial charge in [0, 0.05) is 0 Å². The van der Waals surface area contributed by atoms with E-state index in [9.17, 15) is 5.11 Å². The molecule has 1 radical (unpaired) electrons. The van der Waals surface area contributed by atoms with Crippen LogP contribution in [0.2, 0.25) is 5.15 Å². The standard InChI is InChI=1S/C7H3ClN3O/c8-5-2-1-4-6(11-5)7(12)10-3-9-4/h1-3H. The Morgan fingerprint density at radius 3 is 2.92 bits per heavy atom. The van der Waals surface area contributed by atoms with Crippen molar-refractivity contribution in [1.82, 2.24) is 15.0 Å². The molecule has 0 saturated carbocycles. The molecule has 0 unspecified atom stereocenters. The molecule has 5 heteroatoms. The minimum atomic E-state index is -0.400. The van der Waals surface area contributed by atoms with Crippen LogP contribution >= 0.6 is 11.6 Å². The summed E-state index contributed by atoms with van der Waals surface area (Å²) in [5, 5.41) is 11.3. The first-order valence-electron chi connectivity index (χ1n) is 3.21. The Kier molecular flexibility index (Phi) is 1.55. The van der Waals surface area contributed by atoms with Crippen molar-refractivity contribution in [2.75, 3.05) is 0 Å². The lowest BCUT2D eigenvalue weighted by Crippen LogP contribution is -1.85. The lowest BCUT2D eigenvalue weighted by atomic mass is 10.4. The van der Waals surface area contributed by atoms with Crippen molar-refractivity contribution in [2.24, 2.45) is 0 Å². The van der Waals surface area contributed by atoms with Crippen LogP contribution in [0.5, 0.6) is 5.88 Å². The predicted octanol–water partition coefficient (Wildman–Crippen LogP) is 1.82. The van der Waals surface area contributed by atoms with Gasteiger partial charge in [0.1, 0.15) is 11.5 Å². The SMILES string of the molecule is [O]c1ncnc2ccc(Cl)nc12. The third-order valence-corrected chi connectivity index (χ3v) is 1.62. The van der Waals surface area contributed by atoms with Crippen molar-refractivity contribution in [3.8, 4) is 5.88 Å². The van der Waals surface area contributed by atoms with Gasteiger partial charge in [0.25, 0.3) is 5.88 Å². The fourth-order valence-electron chi connectivity index (χ4n) is 0.894. The Hall–Kier alpha value is -1.42. The van der Waals surface area contributed by atoms with E-state index in [0.717, 1.165) is 0 Å². The van der Waals surface area contributed by atoms with Crippen LogP contribution in [0, 0.1) is 0 Å². The number of aromatic nitrogens is 3. The van der Waals surface area contributed by atoms with Gasteiger partial charge in [-0.2, -0.15) is 4.98 Å². The number of rotatable bonds is 0. The third kappa shape index (κ3) is 1.06. The molecule has 4 nitrogen and oxygen atoms in total. The fourth-order valence-corrected chi connectivity index (χ4v) is 1.04. The molecular formula is C7H3ClN3O. The molecule has 0 aliphatic carbocycles. The first-order valence-corrected chi connectivity index (χ1v) is 3.59. The van der Waals surface area contributed by atoms with Crippen molar-refractivity contribution in [1.29, 1.82) is 0 Å². The Morgan fingerprint density at radius 2 is 2.08 bits per heavy atom. The Bertz CT molecular complexity index is 432. The van der Waals surface area contributed by atoms with Crippen LogP contribution in [0.1, 0.15) is 0 Å². The Balaban J connectivity index is 2.88. The van der Waals surface area contributed by atoms with Crippen LogP contribution in [0.3, 0.4) is 0 Å². The Morgan fingerprint density at radius 1 is 1.25 bits per heavy atom. The van der Waals surface area contributed by atoms with E-state index in [-0.39, 0.29) is 10.7 Å². The molecule has 2 rings (SSSR count). The highest BCUT2D eigenvalue weighted by Gasteiger charge is 2.04. The molecule has 0 N–H and O–H groups in total. The van der Waals surface area contributed by atoms with E-state index in [1.165, 1.54) is 6.33 Å². The van der Waals surface area contributed by atoms with E-state index in [2.05, 4.69) is 15.0 Å². The number of pyridine rings is 1. The van der Waals surface area contributed by atoms with E-state index in [4.69, 9.17) is 11.6 Å². The third-order valence-electron chi connectivity index (χ3n) is 1.41. The highest BCUT2D eigenvalue weighted by molar-refractivity contribution is 6.29. The van der Waals surface area contributed by atoms with Crippen molar-refractivity contribution in [3.05, 3.63) is 23.6 Å². The molecule has 0 atom stereocenters. The first kappa shape index (κ1) is 7.24. The van der Waals surface area contributed by atoms with Crippen LogP contribution in [-0.4, -0.2) is 15.0 Å². The van der Waals surface area contributed by atoms with Gasteiger partial charge in [-0.15, -0.1) is 0 Å². The number of fused-ring (bicyclic) bond motifs is 1. The van der Waals surface area contributed by atoms with E-state index in [0.29, 0.717) is 5.52 Å². The summed E-state index contributed by atoms with van der Waals surface area (Å²) < 4.78 is 0. The molecule has 0 spiro atoms. The zero-order valence-corrected chi connectivity index (χ0v) is 6.62. The zero-order chi connectivity index (χ0) is 8.55. The lowest BCUT2D eigenvalue weighted by molar-refractivity contribution is 0.341. The van der Waals surface area contributed by atoms with Gasteiger partial charge in [0.2, 0.25) is 0 Å². The van der Waals surface area contributed by atoms with E-state index in [1.807, 2.05) is 0 Å². The zero-order valence-electron chi connectivity index (χ0n) is 5.86. The lowest BCUT2D eigenvalue weighted by Gasteiger charge is -1.94. The van der Waals surface area contributed by atoms with Crippen LogP contribution in [0.15, 0.2) is 18.5 Å². The van der Waals surface area contributed by atoms with Gasteiger partial charge in [-0.25, -0.2) is 9.97 Å². The quantitative estimate of drug-likeness (QED) is 0.581. The number of hydrogen-bond donors (Lipinski definition) is 0. The predicted molar refractivity (Wildman–Crippen MR) is 42.5 cm³/mol. The summed E-state index contributed by atoms with van der Waals surface area (Å²) in [6, 6.07) is 3.21. The maximum atomic E-state index is 11.1. The molecular weight excluding hydrogens is 178 g/mol. The minimum Gasteiger partial charge on any atom is -0.265 e.